The van der Waals surface area contributed by atoms with E-state index in [-0.39, 0.29) is 11.6 Å². The van der Waals surface area contributed by atoms with Crippen LogP contribution in [-0.2, 0) is 0 Å². The van der Waals surface area contributed by atoms with Gasteiger partial charge in [-0.1, -0.05) is 6.07 Å². The van der Waals surface area contributed by atoms with Gasteiger partial charge in [-0.15, -0.1) is 0 Å². The highest BCUT2D eigenvalue weighted by Crippen LogP contribution is 2.38. The number of nitrogens with zero attached hydrogens (tertiary/aromatic N) is 1. The smallest absolute Gasteiger partial charge is 0.203 e. The SMILES string of the molecule is O=C(CC1CCN(CCOc2cccc3c2OCCO3)C1)c1ccc(F)cc1. The molecule has 2 aliphatic rings. The minimum atomic E-state index is -0.319. The fraction of sp³-hybridized carbons (Fsp3) is 0.409. The molecule has 0 saturated carbocycles. The highest BCUT2D eigenvalue weighted by atomic mass is 19.1. The molecule has 2 heterocycles. The average Bonchev–Trinajstić information content (AvgIpc) is 3.16. The van der Waals surface area contributed by atoms with Gasteiger partial charge in [0.25, 0.3) is 0 Å². The van der Waals surface area contributed by atoms with Crippen molar-refractivity contribution in [1.29, 1.82) is 0 Å². The molecule has 1 fully saturated rings. The van der Waals surface area contributed by atoms with Crippen LogP contribution in [0, 0.1) is 11.7 Å². The number of benzene rings is 2. The molecule has 5 nitrogen and oxygen atoms in total. The van der Waals surface area contributed by atoms with Crippen LogP contribution >= 0.6 is 0 Å². The van der Waals surface area contributed by atoms with Crippen LogP contribution in [0.25, 0.3) is 0 Å². The zero-order valence-electron chi connectivity index (χ0n) is 15.7. The van der Waals surface area contributed by atoms with Crippen LogP contribution < -0.4 is 14.2 Å². The van der Waals surface area contributed by atoms with E-state index in [9.17, 15) is 9.18 Å². The number of likely N-dealkylation sites (tertiary alicyclic amines) is 1. The number of ether oxygens (including phenoxy) is 3. The summed E-state index contributed by atoms with van der Waals surface area (Å²) in [5.41, 5.74) is 0.583. The second-order valence-corrected chi connectivity index (χ2v) is 7.22. The van der Waals surface area contributed by atoms with E-state index in [2.05, 4.69) is 4.90 Å². The van der Waals surface area contributed by atoms with E-state index in [1.807, 2.05) is 18.2 Å². The maximum atomic E-state index is 13.0. The summed E-state index contributed by atoms with van der Waals surface area (Å²) in [7, 11) is 0. The molecule has 0 radical (unpaired) electrons. The number of hydrogen-bond acceptors (Lipinski definition) is 5. The number of Topliss-reactive ketones (excluding diaryl/α,β-unsaturated/α-hetero) is 1. The van der Waals surface area contributed by atoms with E-state index in [4.69, 9.17) is 14.2 Å². The molecule has 0 spiro atoms. The molecule has 1 unspecified atom stereocenters. The summed E-state index contributed by atoms with van der Waals surface area (Å²) in [4.78, 5) is 14.7. The molecule has 0 bridgehead atoms. The van der Waals surface area contributed by atoms with Crippen molar-refractivity contribution < 1.29 is 23.4 Å². The molecule has 2 aromatic rings. The van der Waals surface area contributed by atoms with Gasteiger partial charge < -0.3 is 14.2 Å². The number of fused-ring (bicyclic) bond motifs is 1. The average molecular weight is 385 g/mol. The van der Waals surface area contributed by atoms with E-state index in [1.54, 1.807) is 12.1 Å². The van der Waals surface area contributed by atoms with Gasteiger partial charge in [0.1, 0.15) is 25.6 Å². The number of rotatable bonds is 7. The van der Waals surface area contributed by atoms with E-state index < -0.39 is 0 Å². The Morgan fingerprint density at radius 3 is 2.82 bits per heavy atom. The van der Waals surface area contributed by atoms with Crippen molar-refractivity contribution >= 4 is 5.78 Å². The summed E-state index contributed by atoms with van der Waals surface area (Å²) < 4.78 is 30.1. The summed E-state index contributed by atoms with van der Waals surface area (Å²) in [5.74, 6) is 2.21. The van der Waals surface area contributed by atoms with Crippen LogP contribution in [0.15, 0.2) is 42.5 Å². The molecule has 1 atom stereocenters. The van der Waals surface area contributed by atoms with Gasteiger partial charge >= 0.3 is 0 Å². The maximum absolute atomic E-state index is 13.0. The van der Waals surface area contributed by atoms with Crippen molar-refractivity contribution in [2.45, 2.75) is 12.8 Å². The van der Waals surface area contributed by atoms with E-state index in [0.717, 1.165) is 31.8 Å². The standard InChI is InChI=1S/C22H24FNO4/c23-18-6-4-17(5-7-18)19(25)14-16-8-9-24(15-16)10-11-26-20-2-1-3-21-22(20)28-13-12-27-21/h1-7,16H,8-15H2. The minimum absolute atomic E-state index is 0.0798. The van der Waals surface area contributed by atoms with Gasteiger partial charge in [-0.05, 0) is 55.3 Å². The van der Waals surface area contributed by atoms with E-state index in [0.29, 0.717) is 49.2 Å². The van der Waals surface area contributed by atoms with Gasteiger partial charge in [0.05, 0.1) is 0 Å². The topological polar surface area (TPSA) is 48.0 Å². The van der Waals surface area contributed by atoms with Crippen molar-refractivity contribution in [2.24, 2.45) is 5.92 Å². The first-order valence-electron chi connectivity index (χ1n) is 9.71. The summed E-state index contributed by atoms with van der Waals surface area (Å²) in [5, 5.41) is 0. The third kappa shape index (κ3) is 4.44. The Morgan fingerprint density at radius 1 is 1.14 bits per heavy atom. The summed E-state index contributed by atoms with van der Waals surface area (Å²) in [6.45, 7) is 4.27. The monoisotopic (exact) mass is 385 g/mol. The fourth-order valence-electron chi connectivity index (χ4n) is 3.74. The number of hydrogen-bond donors (Lipinski definition) is 0. The van der Waals surface area contributed by atoms with Crippen LogP contribution in [0.4, 0.5) is 4.39 Å². The third-order valence-corrected chi connectivity index (χ3v) is 5.21. The molecule has 0 aromatic heterocycles. The third-order valence-electron chi connectivity index (χ3n) is 5.21. The van der Waals surface area contributed by atoms with E-state index >= 15 is 0 Å². The lowest BCUT2D eigenvalue weighted by molar-refractivity contribution is 0.0961. The Morgan fingerprint density at radius 2 is 1.96 bits per heavy atom. The van der Waals surface area contributed by atoms with Crippen molar-refractivity contribution in [1.82, 2.24) is 4.90 Å². The molecular weight excluding hydrogens is 361 g/mol. The Hall–Kier alpha value is -2.60. The normalized spacial score (nSPS) is 18.8. The molecule has 2 aromatic carbocycles. The largest absolute Gasteiger partial charge is 0.488 e. The van der Waals surface area contributed by atoms with Gasteiger partial charge in [-0.3, -0.25) is 9.69 Å². The van der Waals surface area contributed by atoms with Crippen LogP contribution in [0.1, 0.15) is 23.2 Å². The first-order chi connectivity index (χ1) is 13.7. The van der Waals surface area contributed by atoms with Crippen LogP contribution in [0.3, 0.4) is 0 Å². The van der Waals surface area contributed by atoms with Gasteiger partial charge in [0.15, 0.2) is 17.3 Å². The van der Waals surface area contributed by atoms with Crippen LogP contribution in [0.2, 0.25) is 0 Å². The molecule has 0 N–H and O–H groups in total. The number of ketones is 1. The number of halogens is 1. The zero-order chi connectivity index (χ0) is 19.3. The van der Waals surface area contributed by atoms with Gasteiger partial charge in [0, 0.05) is 25.1 Å². The summed E-state index contributed by atoms with van der Waals surface area (Å²) in [6.07, 6.45) is 1.49. The highest BCUT2D eigenvalue weighted by Gasteiger charge is 2.25. The van der Waals surface area contributed by atoms with E-state index in [1.165, 1.54) is 12.1 Å². The predicted octanol–water partition coefficient (Wildman–Crippen LogP) is 3.57. The van der Waals surface area contributed by atoms with Gasteiger partial charge in [-0.2, -0.15) is 0 Å². The molecule has 28 heavy (non-hydrogen) atoms. The minimum Gasteiger partial charge on any atom is -0.488 e. The number of carbonyl (C=O) groups excluding carboxylic acids is 1. The highest BCUT2D eigenvalue weighted by molar-refractivity contribution is 5.96. The molecule has 2 aliphatic heterocycles. The second kappa shape index (κ2) is 8.61. The molecule has 0 amide bonds. The number of para-hydroxylation sites is 1. The van der Waals surface area contributed by atoms with Crippen molar-refractivity contribution in [3.05, 3.63) is 53.8 Å². The molecule has 148 valence electrons. The predicted molar refractivity (Wildman–Crippen MR) is 103 cm³/mol. The molecule has 6 heteroatoms. The van der Waals surface area contributed by atoms with Crippen LogP contribution in [0.5, 0.6) is 17.2 Å². The molecule has 4 rings (SSSR count). The molecule has 0 aliphatic carbocycles. The first-order valence-corrected chi connectivity index (χ1v) is 9.71. The Kier molecular flexibility index (Phi) is 5.76. The fourth-order valence-corrected chi connectivity index (χ4v) is 3.74. The number of carbonyl (C=O) groups is 1. The Balaban J connectivity index is 1.23. The lowest BCUT2D eigenvalue weighted by Crippen LogP contribution is -2.27. The quantitative estimate of drug-likeness (QED) is 0.682. The second-order valence-electron chi connectivity index (χ2n) is 7.22. The lowest BCUT2D eigenvalue weighted by Gasteiger charge is -2.22. The van der Waals surface area contributed by atoms with Crippen molar-refractivity contribution in [2.75, 3.05) is 39.5 Å². The maximum Gasteiger partial charge on any atom is 0.203 e. The Labute approximate surface area is 164 Å². The van der Waals surface area contributed by atoms with Gasteiger partial charge in [-0.25, -0.2) is 4.39 Å². The summed E-state index contributed by atoms with van der Waals surface area (Å²) >= 11 is 0. The van der Waals surface area contributed by atoms with Crippen molar-refractivity contribution in [3.8, 4) is 17.2 Å². The Bertz CT molecular complexity index is 824. The first kappa shape index (κ1) is 18.7. The molecule has 1 saturated heterocycles. The van der Waals surface area contributed by atoms with Gasteiger partial charge in [0.2, 0.25) is 5.75 Å². The van der Waals surface area contributed by atoms with Crippen molar-refractivity contribution in [3.63, 3.8) is 0 Å². The van der Waals surface area contributed by atoms with Crippen LogP contribution in [-0.4, -0.2) is 50.1 Å². The zero-order valence-corrected chi connectivity index (χ0v) is 15.7. The summed E-state index contributed by atoms with van der Waals surface area (Å²) in [6, 6.07) is 11.5. The molecular formula is C22H24FNO4. The lowest BCUT2D eigenvalue weighted by atomic mass is 9.98.